The Hall–Kier alpha value is -4.40. The summed E-state index contributed by atoms with van der Waals surface area (Å²) in [7, 11) is 0. The summed E-state index contributed by atoms with van der Waals surface area (Å²) in [5.41, 5.74) is 2.66. The molecule has 23 heteroatoms. The number of ether oxygens (including phenoxy) is 3. The molecule has 282 valence electrons. The van der Waals surface area contributed by atoms with Crippen molar-refractivity contribution < 1.29 is 55.1 Å². The molecule has 3 saturated heterocycles. The molecule has 0 radical (unpaired) electrons. The first-order valence-corrected chi connectivity index (χ1v) is 15.3. The topological polar surface area (TPSA) is 360 Å². The zero-order valence-corrected chi connectivity index (χ0v) is 26.8. The largest absolute Gasteiger partial charge is 0.394 e. The van der Waals surface area contributed by atoms with E-state index in [1.54, 1.807) is 6.92 Å². The van der Waals surface area contributed by atoms with Gasteiger partial charge in [0.2, 0.25) is 0 Å². The lowest BCUT2D eigenvalue weighted by Gasteiger charge is -2.16. The molecule has 0 amide bonds. The van der Waals surface area contributed by atoms with E-state index in [4.69, 9.17) is 35.3 Å². The fourth-order valence-corrected chi connectivity index (χ4v) is 5.32. The van der Waals surface area contributed by atoms with E-state index >= 15 is 0 Å². The molecule has 11 atom stereocenters. The van der Waals surface area contributed by atoms with E-state index in [-0.39, 0.29) is 18.8 Å². The lowest BCUT2D eigenvalue weighted by atomic mass is 10.1. The number of hydrogen-bond acceptors (Lipinski definition) is 18. The molecule has 6 heterocycles. The van der Waals surface area contributed by atoms with Crippen molar-refractivity contribution in [1.29, 1.82) is 0 Å². The number of aliphatic hydroxyl groups excluding tert-OH is 8. The fraction of sp³-hybridized carbons (Fsp3) is 0.571. The highest BCUT2D eigenvalue weighted by molar-refractivity contribution is 5.23. The molecular formula is C28H39N7O16. The van der Waals surface area contributed by atoms with E-state index in [0.29, 0.717) is 5.56 Å². The molecule has 3 aromatic heterocycles. The van der Waals surface area contributed by atoms with Crippen LogP contribution in [0.3, 0.4) is 0 Å². The number of nitrogens with one attached hydrogen (secondary N) is 2. The van der Waals surface area contributed by atoms with Crippen LogP contribution in [0.1, 0.15) is 30.7 Å². The van der Waals surface area contributed by atoms with Crippen LogP contribution in [0.4, 0.5) is 5.82 Å². The smallest absolute Gasteiger partial charge is 0.351 e. The van der Waals surface area contributed by atoms with Gasteiger partial charge < -0.3 is 60.8 Å². The number of aromatic nitrogens is 6. The molecule has 0 bridgehead atoms. The Morgan fingerprint density at radius 2 is 1.27 bits per heavy atom. The number of nitrogens with zero attached hydrogens (tertiary/aromatic N) is 4. The number of anilines is 1. The molecule has 6 rings (SSSR count). The quantitative estimate of drug-likeness (QED) is 0.112. The number of aliphatic hydroxyl groups is 8. The van der Waals surface area contributed by atoms with Crippen LogP contribution in [0.5, 0.6) is 0 Å². The highest BCUT2D eigenvalue weighted by Crippen LogP contribution is 2.29. The van der Waals surface area contributed by atoms with Crippen molar-refractivity contribution >= 4 is 5.82 Å². The van der Waals surface area contributed by atoms with Gasteiger partial charge in [-0.1, -0.05) is 0 Å². The zero-order chi connectivity index (χ0) is 37.7. The molecule has 23 nitrogen and oxygen atoms in total. The van der Waals surface area contributed by atoms with Gasteiger partial charge in [-0.15, -0.1) is 0 Å². The highest BCUT2D eigenvalue weighted by atomic mass is 16.6. The molecule has 0 saturated carbocycles. The number of aromatic amines is 2. The van der Waals surface area contributed by atoms with E-state index in [1.165, 1.54) is 23.0 Å². The van der Waals surface area contributed by atoms with E-state index in [0.717, 1.165) is 21.4 Å². The van der Waals surface area contributed by atoms with Gasteiger partial charge in [-0.2, -0.15) is 4.98 Å². The van der Waals surface area contributed by atoms with E-state index in [2.05, 4.69) is 9.97 Å². The van der Waals surface area contributed by atoms with Crippen LogP contribution >= 0.6 is 0 Å². The Bertz CT molecular complexity index is 1930. The second-order valence-corrected chi connectivity index (χ2v) is 11.6. The molecule has 3 fully saturated rings. The SMILES string of the molecule is Cc1cn([C@H]2C[C@H](O)[C@@H](CO)O2)c(=O)[nH]c1=O.Nc1ccn([C@@H]2O[C@H](CO)[C@@H](O)[C@H]2O)c(=O)n1.O=c1ccn([C@@H]2O[C@H](CO)[C@@H](O)[C@H]2O)c(=O)[nH]1. The van der Waals surface area contributed by atoms with Gasteiger partial charge in [-0.05, 0) is 13.0 Å². The first kappa shape index (κ1) is 39.4. The highest BCUT2D eigenvalue weighted by Gasteiger charge is 2.44. The summed E-state index contributed by atoms with van der Waals surface area (Å²) in [6.07, 6.45) is -7.43. The lowest BCUT2D eigenvalue weighted by Crippen LogP contribution is -2.37. The number of nitrogen functional groups attached to an aromatic ring is 1. The van der Waals surface area contributed by atoms with Gasteiger partial charge >= 0.3 is 17.1 Å². The third-order valence-corrected chi connectivity index (χ3v) is 8.13. The van der Waals surface area contributed by atoms with Crippen LogP contribution in [0.2, 0.25) is 0 Å². The van der Waals surface area contributed by atoms with E-state index < -0.39 is 109 Å². The molecule has 12 N–H and O–H groups in total. The minimum absolute atomic E-state index is 0.0537. The normalized spacial score (nSPS) is 31.4. The van der Waals surface area contributed by atoms with Crippen molar-refractivity contribution in [3.63, 3.8) is 0 Å². The summed E-state index contributed by atoms with van der Waals surface area (Å²) >= 11 is 0. The first-order chi connectivity index (χ1) is 24.1. The Morgan fingerprint density at radius 3 is 1.76 bits per heavy atom. The predicted octanol–water partition coefficient (Wildman–Crippen LogP) is -6.93. The summed E-state index contributed by atoms with van der Waals surface area (Å²) in [5, 5.41) is 74.7. The Kier molecular flexibility index (Phi) is 12.9. The van der Waals surface area contributed by atoms with Gasteiger partial charge in [0, 0.05) is 36.6 Å². The van der Waals surface area contributed by atoms with Gasteiger partial charge in [-0.3, -0.25) is 33.3 Å². The summed E-state index contributed by atoms with van der Waals surface area (Å²) in [6, 6.07) is 2.46. The number of nitrogens with two attached hydrogens (primary N) is 1. The number of hydrogen-bond donors (Lipinski definition) is 11. The number of rotatable bonds is 6. The molecule has 51 heavy (non-hydrogen) atoms. The number of H-pyrrole nitrogens is 2. The maximum absolute atomic E-state index is 11.6. The van der Waals surface area contributed by atoms with Gasteiger partial charge in [0.15, 0.2) is 12.5 Å². The van der Waals surface area contributed by atoms with Crippen molar-refractivity contribution in [2.45, 2.75) is 80.9 Å². The van der Waals surface area contributed by atoms with Gasteiger partial charge in [0.05, 0.1) is 25.9 Å². The fourth-order valence-electron chi connectivity index (χ4n) is 5.32. The first-order valence-electron chi connectivity index (χ1n) is 15.3. The standard InChI is InChI=1S/C10H14N2O5.C9H13N3O5.C9H12N2O6/c1-5-3-12(10(16)11-9(5)15)8-2-6(14)7(4-13)17-8;10-5-1-2-12(9(16)11-5)8-7(15)6(14)4(3-13)17-8;12-3-4-6(14)7(15)8(17-4)11-2-1-5(13)10-9(11)16/h3,6-8,13-14H,2,4H2,1H3,(H,11,15,16);1-2,4,6-8,13-15H,3H2,(H2,10,11,16);1-2,4,6-8,12,14-15H,3H2,(H,10,13,16)/t6-,7+,8+;2*4-,6-,7-,8-/m011/s1. The number of aryl methyl sites for hydroxylation is 1. The molecule has 3 aliphatic rings. The average Bonchev–Trinajstić information content (AvgIpc) is 3.71. The summed E-state index contributed by atoms with van der Waals surface area (Å²) < 4.78 is 18.8. The van der Waals surface area contributed by atoms with Crippen LogP contribution in [-0.2, 0) is 14.2 Å². The van der Waals surface area contributed by atoms with Gasteiger partial charge in [0.1, 0.15) is 54.8 Å². The second kappa shape index (κ2) is 16.7. The van der Waals surface area contributed by atoms with Crippen molar-refractivity contribution in [1.82, 2.24) is 28.7 Å². The molecule has 0 spiro atoms. The molecule has 0 aromatic carbocycles. The zero-order valence-electron chi connectivity index (χ0n) is 26.8. The lowest BCUT2D eigenvalue weighted by molar-refractivity contribution is -0.0550. The van der Waals surface area contributed by atoms with Crippen molar-refractivity contribution in [3.8, 4) is 0 Å². The summed E-state index contributed by atoms with van der Waals surface area (Å²) in [4.78, 5) is 64.2. The van der Waals surface area contributed by atoms with Crippen molar-refractivity contribution in [3.05, 3.63) is 88.4 Å². The minimum atomic E-state index is -1.35. The van der Waals surface area contributed by atoms with Gasteiger partial charge in [0.25, 0.3) is 11.1 Å². The second-order valence-electron chi connectivity index (χ2n) is 11.6. The summed E-state index contributed by atoms with van der Waals surface area (Å²) in [6.45, 7) is 0.330. The van der Waals surface area contributed by atoms with Crippen LogP contribution in [0.25, 0.3) is 0 Å². The predicted molar refractivity (Wildman–Crippen MR) is 168 cm³/mol. The van der Waals surface area contributed by atoms with Crippen LogP contribution in [0.15, 0.2) is 54.7 Å². The molecular weight excluding hydrogens is 690 g/mol. The van der Waals surface area contributed by atoms with Gasteiger partial charge in [-0.25, -0.2) is 14.4 Å². The van der Waals surface area contributed by atoms with Crippen molar-refractivity contribution in [2.75, 3.05) is 25.6 Å². The van der Waals surface area contributed by atoms with E-state index in [1.807, 2.05) is 4.98 Å². The molecule has 0 aliphatic carbocycles. The molecule has 3 aromatic rings. The monoisotopic (exact) mass is 729 g/mol. The maximum Gasteiger partial charge on any atom is 0.351 e. The van der Waals surface area contributed by atoms with Crippen molar-refractivity contribution in [2.24, 2.45) is 0 Å². The maximum atomic E-state index is 11.6. The van der Waals surface area contributed by atoms with Crippen LogP contribution < -0.4 is 33.9 Å². The Labute approximate surface area is 284 Å². The Balaban J connectivity index is 0.000000172. The molecule has 0 unspecified atom stereocenters. The minimum Gasteiger partial charge on any atom is -0.394 e. The van der Waals surface area contributed by atoms with Crippen LogP contribution in [-0.4, -0.2) is 138 Å². The Morgan fingerprint density at radius 1 is 0.745 bits per heavy atom. The summed E-state index contributed by atoms with van der Waals surface area (Å²) in [5.74, 6) is 0.0537. The van der Waals surface area contributed by atoms with E-state index in [9.17, 15) is 49.5 Å². The van der Waals surface area contributed by atoms with Crippen LogP contribution in [0, 0.1) is 6.92 Å². The third kappa shape index (κ3) is 8.74. The average molecular weight is 730 g/mol. The third-order valence-electron chi connectivity index (χ3n) is 8.13. The molecule has 3 aliphatic heterocycles.